The highest BCUT2D eigenvalue weighted by atomic mass is 35.5. The van der Waals surface area contributed by atoms with Crippen LogP contribution >= 0.6 is 11.6 Å². The van der Waals surface area contributed by atoms with Crippen LogP contribution in [0.2, 0.25) is 5.02 Å². The first-order valence-corrected chi connectivity index (χ1v) is 7.36. The van der Waals surface area contributed by atoms with Crippen LogP contribution in [0.25, 0.3) is 0 Å². The highest BCUT2D eigenvalue weighted by Gasteiger charge is 2.31. The average Bonchev–Trinajstić information content (AvgIpc) is 2.75. The van der Waals surface area contributed by atoms with E-state index in [4.69, 9.17) is 11.6 Å². The summed E-state index contributed by atoms with van der Waals surface area (Å²) >= 11 is 6.05. The van der Waals surface area contributed by atoms with Crippen molar-refractivity contribution in [3.63, 3.8) is 0 Å². The monoisotopic (exact) mass is 300 g/mol. The molecule has 0 radical (unpaired) electrons. The molecule has 2 unspecified atom stereocenters. The van der Waals surface area contributed by atoms with Crippen LogP contribution in [-0.4, -0.2) is 5.91 Å². The first-order chi connectivity index (χ1) is 10.1. The number of anilines is 1. The van der Waals surface area contributed by atoms with Gasteiger partial charge in [-0.3, -0.25) is 10.1 Å². The smallest absolute Gasteiger partial charge is 0.246 e. The lowest BCUT2D eigenvalue weighted by Gasteiger charge is -2.20. The molecule has 1 aliphatic rings. The molecule has 0 aliphatic carbocycles. The zero-order chi connectivity index (χ0) is 15.0. The highest BCUT2D eigenvalue weighted by Crippen LogP contribution is 2.34. The summed E-state index contributed by atoms with van der Waals surface area (Å²) in [5, 5.41) is 6.92. The standard InChI is InChI=1S/C17H17ClN2O/c1-10-5-3-4-6-13(10)11(2)19-16-14-9-12(18)7-8-15(14)20-17(16)21/h3-9,11,16,19H,1-2H3,(H,20,21). The van der Waals surface area contributed by atoms with Crippen molar-refractivity contribution in [2.45, 2.75) is 25.9 Å². The molecule has 108 valence electrons. The van der Waals surface area contributed by atoms with Gasteiger partial charge in [-0.25, -0.2) is 0 Å². The van der Waals surface area contributed by atoms with Crippen LogP contribution < -0.4 is 10.6 Å². The number of carbonyl (C=O) groups is 1. The molecule has 0 fully saturated rings. The maximum Gasteiger partial charge on any atom is 0.246 e. The Bertz CT molecular complexity index is 699. The Kier molecular flexibility index (Phi) is 3.70. The van der Waals surface area contributed by atoms with Gasteiger partial charge in [0.05, 0.1) is 0 Å². The second kappa shape index (κ2) is 5.51. The largest absolute Gasteiger partial charge is 0.324 e. The molecule has 0 aromatic heterocycles. The second-order valence-corrected chi connectivity index (χ2v) is 5.84. The maximum absolute atomic E-state index is 12.2. The first kappa shape index (κ1) is 14.1. The molecule has 2 aromatic rings. The molecule has 1 amide bonds. The van der Waals surface area contributed by atoms with E-state index in [-0.39, 0.29) is 18.0 Å². The van der Waals surface area contributed by atoms with Gasteiger partial charge in [0.15, 0.2) is 0 Å². The summed E-state index contributed by atoms with van der Waals surface area (Å²) in [6.07, 6.45) is 0. The van der Waals surface area contributed by atoms with Crippen molar-refractivity contribution in [3.8, 4) is 0 Å². The molecule has 21 heavy (non-hydrogen) atoms. The van der Waals surface area contributed by atoms with E-state index in [1.165, 1.54) is 11.1 Å². The predicted octanol–water partition coefficient (Wildman–Crippen LogP) is 3.99. The van der Waals surface area contributed by atoms with Crippen molar-refractivity contribution in [2.24, 2.45) is 0 Å². The molecular formula is C17H17ClN2O. The van der Waals surface area contributed by atoms with Gasteiger partial charge in [0.1, 0.15) is 6.04 Å². The molecular weight excluding hydrogens is 284 g/mol. The van der Waals surface area contributed by atoms with Gasteiger partial charge in [-0.1, -0.05) is 35.9 Å². The molecule has 2 aromatic carbocycles. The van der Waals surface area contributed by atoms with E-state index < -0.39 is 0 Å². The van der Waals surface area contributed by atoms with Crippen molar-refractivity contribution < 1.29 is 4.79 Å². The number of rotatable bonds is 3. The minimum Gasteiger partial charge on any atom is -0.324 e. The Balaban J connectivity index is 1.87. The predicted molar refractivity (Wildman–Crippen MR) is 85.6 cm³/mol. The van der Waals surface area contributed by atoms with Gasteiger partial charge in [-0.2, -0.15) is 0 Å². The summed E-state index contributed by atoms with van der Waals surface area (Å²) in [7, 11) is 0. The normalized spacial score (nSPS) is 18.2. The molecule has 1 heterocycles. The molecule has 2 atom stereocenters. The summed E-state index contributed by atoms with van der Waals surface area (Å²) < 4.78 is 0. The van der Waals surface area contributed by atoms with Crippen LogP contribution in [0.4, 0.5) is 5.69 Å². The fraction of sp³-hybridized carbons (Fsp3) is 0.235. The number of hydrogen-bond acceptors (Lipinski definition) is 2. The summed E-state index contributed by atoms with van der Waals surface area (Å²) in [6.45, 7) is 4.14. The van der Waals surface area contributed by atoms with Crippen LogP contribution in [0.5, 0.6) is 0 Å². The third-order valence-corrected chi connectivity index (χ3v) is 4.15. The highest BCUT2D eigenvalue weighted by molar-refractivity contribution is 6.31. The second-order valence-electron chi connectivity index (χ2n) is 5.40. The Hall–Kier alpha value is -1.84. The van der Waals surface area contributed by atoms with Crippen LogP contribution in [0, 0.1) is 6.92 Å². The fourth-order valence-electron chi connectivity index (χ4n) is 2.81. The van der Waals surface area contributed by atoms with Crippen molar-refractivity contribution in [3.05, 3.63) is 64.2 Å². The number of hydrogen-bond donors (Lipinski definition) is 2. The average molecular weight is 301 g/mol. The number of carbonyl (C=O) groups excluding carboxylic acids is 1. The van der Waals surface area contributed by atoms with E-state index in [9.17, 15) is 4.79 Å². The van der Waals surface area contributed by atoms with Gasteiger partial charge in [-0.15, -0.1) is 0 Å². The van der Waals surface area contributed by atoms with E-state index in [2.05, 4.69) is 36.6 Å². The Labute approximate surface area is 129 Å². The number of benzene rings is 2. The lowest BCUT2D eigenvalue weighted by Crippen LogP contribution is -2.30. The molecule has 4 heteroatoms. The summed E-state index contributed by atoms with van der Waals surface area (Å²) in [5.41, 5.74) is 4.15. The topological polar surface area (TPSA) is 41.1 Å². The third kappa shape index (κ3) is 2.67. The van der Waals surface area contributed by atoms with Crippen molar-refractivity contribution in [1.82, 2.24) is 5.32 Å². The van der Waals surface area contributed by atoms with Crippen molar-refractivity contribution >= 4 is 23.2 Å². The Morgan fingerprint density at radius 1 is 1.24 bits per heavy atom. The van der Waals surface area contributed by atoms with Gasteiger partial charge in [0.25, 0.3) is 0 Å². The number of halogens is 1. The van der Waals surface area contributed by atoms with Gasteiger partial charge < -0.3 is 5.32 Å². The third-order valence-electron chi connectivity index (χ3n) is 3.92. The van der Waals surface area contributed by atoms with Gasteiger partial charge in [0.2, 0.25) is 5.91 Å². The van der Waals surface area contributed by atoms with E-state index in [0.29, 0.717) is 5.02 Å². The Morgan fingerprint density at radius 3 is 2.76 bits per heavy atom. The molecule has 3 rings (SSSR count). The zero-order valence-corrected chi connectivity index (χ0v) is 12.7. The van der Waals surface area contributed by atoms with Crippen LogP contribution in [0.15, 0.2) is 42.5 Å². The SMILES string of the molecule is Cc1ccccc1C(C)NC1C(=O)Nc2ccc(Cl)cc21. The molecule has 2 N–H and O–H groups in total. The maximum atomic E-state index is 12.2. The summed E-state index contributed by atoms with van der Waals surface area (Å²) in [5.74, 6) is -0.0345. The lowest BCUT2D eigenvalue weighted by atomic mass is 10.0. The van der Waals surface area contributed by atoms with Crippen molar-refractivity contribution in [2.75, 3.05) is 5.32 Å². The molecule has 3 nitrogen and oxygen atoms in total. The molecule has 0 saturated carbocycles. The quantitative estimate of drug-likeness (QED) is 0.900. The molecule has 1 aliphatic heterocycles. The first-order valence-electron chi connectivity index (χ1n) is 6.98. The molecule has 0 spiro atoms. The lowest BCUT2D eigenvalue weighted by molar-refractivity contribution is -0.117. The van der Waals surface area contributed by atoms with E-state index in [1.54, 1.807) is 6.07 Å². The van der Waals surface area contributed by atoms with E-state index in [0.717, 1.165) is 11.3 Å². The fourth-order valence-corrected chi connectivity index (χ4v) is 2.99. The number of fused-ring (bicyclic) bond motifs is 1. The Morgan fingerprint density at radius 2 is 2.00 bits per heavy atom. The molecule has 0 saturated heterocycles. The van der Waals surface area contributed by atoms with Crippen LogP contribution in [-0.2, 0) is 4.79 Å². The zero-order valence-electron chi connectivity index (χ0n) is 12.0. The van der Waals surface area contributed by atoms with Gasteiger partial charge in [0, 0.05) is 22.3 Å². The minimum absolute atomic E-state index is 0.0345. The number of aryl methyl sites for hydroxylation is 1. The minimum atomic E-state index is -0.367. The number of nitrogens with one attached hydrogen (secondary N) is 2. The van der Waals surface area contributed by atoms with Gasteiger partial charge in [-0.05, 0) is 43.2 Å². The molecule has 0 bridgehead atoms. The van der Waals surface area contributed by atoms with Gasteiger partial charge >= 0.3 is 0 Å². The summed E-state index contributed by atoms with van der Waals surface area (Å²) in [4.78, 5) is 12.2. The summed E-state index contributed by atoms with van der Waals surface area (Å²) in [6, 6.07) is 13.4. The van der Waals surface area contributed by atoms with Crippen molar-refractivity contribution in [1.29, 1.82) is 0 Å². The van der Waals surface area contributed by atoms with Crippen LogP contribution in [0.1, 0.15) is 35.7 Å². The number of amides is 1. The van der Waals surface area contributed by atoms with Crippen LogP contribution in [0.3, 0.4) is 0 Å². The van der Waals surface area contributed by atoms with E-state index >= 15 is 0 Å². The van der Waals surface area contributed by atoms with E-state index in [1.807, 2.05) is 24.3 Å².